The number of hydrogen-bond acceptors (Lipinski definition) is 10. The number of pyridine rings is 1. The zero-order valence-corrected chi connectivity index (χ0v) is 40.7. The van der Waals surface area contributed by atoms with Crippen molar-refractivity contribution in [1.29, 1.82) is 5.26 Å². The van der Waals surface area contributed by atoms with Crippen LogP contribution < -0.4 is 30.9 Å². The molecule has 0 aliphatic carbocycles. The van der Waals surface area contributed by atoms with E-state index in [1.807, 2.05) is 20.8 Å². The molecule has 2 aliphatic rings. The van der Waals surface area contributed by atoms with Crippen LogP contribution in [-0.2, 0) is 36.6 Å². The van der Waals surface area contributed by atoms with Crippen LogP contribution in [0.25, 0.3) is 11.3 Å². The molecule has 4 N–H and O–H groups in total. The van der Waals surface area contributed by atoms with E-state index < -0.39 is 86.3 Å². The maximum absolute atomic E-state index is 15.7. The number of nitriles is 1. The van der Waals surface area contributed by atoms with Crippen molar-refractivity contribution in [1.82, 2.24) is 20.5 Å². The first kappa shape index (κ1) is 54.2. The number of benzene rings is 3. The molecule has 0 bridgehead atoms. The number of unbranched alkanes of at least 4 members (excludes halogenated alkanes) is 2. The quantitative estimate of drug-likeness (QED) is 0.0507. The van der Waals surface area contributed by atoms with Crippen molar-refractivity contribution in [3.63, 3.8) is 0 Å². The average molecular weight is 1020 g/mol. The fourth-order valence-electron chi connectivity index (χ4n) is 8.32. The van der Waals surface area contributed by atoms with E-state index in [1.165, 1.54) is 36.9 Å². The van der Waals surface area contributed by atoms with Gasteiger partial charge in [-0.15, -0.1) is 0 Å². The lowest BCUT2D eigenvalue weighted by Crippen LogP contribution is -2.58. The Bertz CT molecular complexity index is 2800. The van der Waals surface area contributed by atoms with Gasteiger partial charge in [0.25, 0.3) is 5.91 Å². The maximum atomic E-state index is 15.7. The molecule has 5 amide bonds. The topological polar surface area (TPSA) is 200 Å². The van der Waals surface area contributed by atoms with Crippen LogP contribution in [0.2, 0.25) is 0 Å². The zero-order chi connectivity index (χ0) is 52.9. The lowest BCUT2D eigenvalue weighted by Gasteiger charge is -2.35. The van der Waals surface area contributed by atoms with E-state index >= 15 is 13.2 Å². The van der Waals surface area contributed by atoms with Crippen molar-refractivity contribution in [2.75, 3.05) is 36.2 Å². The number of carbonyl (C=O) groups is 5. The minimum absolute atomic E-state index is 0.0231. The van der Waals surface area contributed by atoms with Gasteiger partial charge in [0.1, 0.15) is 35.5 Å². The highest BCUT2D eigenvalue weighted by atomic mass is 32.1. The summed E-state index contributed by atoms with van der Waals surface area (Å²) in [5.74, 6) is -6.53. The fourth-order valence-corrected chi connectivity index (χ4v) is 8.84. The number of carbonyl (C=O) groups excluding carboxylic acids is 5. The highest BCUT2D eigenvalue weighted by Crippen LogP contribution is 2.42. The molecule has 72 heavy (non-hydrogen) atoms. The van der Waals surface area contributed by atoms with Gasteiger partial charge in [-0.25, -0.2) is 13.2 Å². The third-order valence-electron chi connectivity index (χ3n) is 12.1. The van der Waals surface area contributed by atoms with E-state index in [2.05, 4.69) is 15.6 Å². The number of primary amides is 1. The van der Waals surface area contributed by atoms with Crippen LogP contribution in [0, 0.1) is 34.2 Å². The summed E-state index contributed by atoms with van der Waals surface area (Å²) >= 11 is 5.42. The van der Waals surface area contributed by atoms with Gasteiger partial charge in [0.2, 0.25) is 23.6 Å². The van der Waals surface area contributed by atoms with Gasteiger partial charge < -0.3 is 35.6 Å². The summed E-state index contributed by atoms with van der Waals surface area (Å²) in [6.45, 7) is 8.64. The molecule has 22 heteroatoms. The predicted octanol–water partition coefficient (Wildman–Crippen LogP) is 7.48. The number of ether oxygens (including phenoxy) is 2. The number of amides is 5. The van der Waals surface area contributed by atoms with E-state index in [-0.39, 0.29) is 60.9 Å². The molecular formula is C50H52F6N8O7S. The predicted molar refractivity (Wildman–Crippen MR) is 255 cm³/mol. The van der Waals surface area contributed by atoms with Gasteiger partial charge in [0.05, 0.1) is 35.8 Å². The standard InChI is InChI=1S/C50H52F6N8O7S/c1-48(2,3)42(45(68)62-19-9-10-36(62)44(67)60-25-28-11-13-29(14-12-28)43(58)66)61-38(65)27-70-20-7-6-8-21-71-37-18-16-30(22-33(37)51)41-34(52)23-32(26-59-41)64-47(72)63(46(69)49(64,4)5)35-17-15-31(24-57)39(40(35)53)50(54,55)56/h11-18,22-23,26,36,42H,6-10,19-21,25,27H2,1-5H3,(H2,58,66)(H,60,67)(H,61,65)/t36-,42+/m0/s1. The number of anilines is 2. The smallest absolute Gasteiger partial charge is 0.420 e. The zero-order valence-electron chi connectivity index (χ0n) is 39.9. The second-order valence-electron chi connectivity index (χ2n) is 18.7. The summed E-state index contributed by atoms with van der Waals surface area (Å²) in [7, 11) is 0. The van der Waals surface area contributed by atoms with Crippen LogP contribution >= 0.6 is 12.2 Å². The third-order valence-corrected chi connectivity index (χ3v) is 12.5. The summed E-state index contributed by atoms with van der Waals surface area (Å²) in [4.78, 5) is 72.2. The van der Waals surface area contributed by atoms with E-state index in [0.29, 0.717) is 49.1 Å². The Labute approximate surface area is 416 Å². The number of rotatable bonds is 18. The minimum Gasteiger partial charge on any atom is -0.491 e. The Kier molecular flexibility index (Phi) is 16.6. The lowest BCUT2D eigenvalue weighted by molar-refractivity contribution is -0.144. The van der Waals surface area contributed by atoms with E-state index in [4.69, 9.17) is 32.7 Å². The number of likely N-dealkylation sites (tertiary alicyclic amines) is 1. The summed E-state index contributed by atoms with van der Waals surface area (Å²) in [5, 5.41) is 14.3. The normalized spacial score (nSPS) is 16.1. The van der Waals surface area contributed by atoms with Crippen LogP contribution in [0.1, 0.15) is 93.8 Å². The summed E-state index contributed by atoms with van der Waals surface area (Å²) < 4.78 is 98.8. The van der Waals surface area contributed by atoms with Gasteiger partial charge >= 0.3 is 6.18 Å². The van der Waals surface area contributed by atoms with Crippen molar-refractivity contribution in [2.24, 2.45) is 11.1 Å². The number of thiocarbonyl (C=S) groups is 1. The maximum Gasteiger partial charge on any atom is 0.420 e. The highest BCUT2D eigenvalue weighted by molar-refractivity contribution is 7.81. The van der Waals surface area contributed by atoms with Crippen LogP contribution in [0.15, 0.2) is 66.9 Å². The molecule has 0 radical (unpaired) electrons. The average Bonchev–Trinajstić information content (AvgIpc) is 3.87. The molecule has 0 unspecified atom stereocenters. The van der Waals surface area contributed by atoms with Crippen LogP contribution in [0.3, 0.4) is 0 Å². The van der Waals surface area contributed by atoms with Crippen LogP contribution in [0.4, 0.5) is 37.7 Å². The number of hydrogen-bond donors (Lipinski definition) is 3. The van der Waals surface area contributed by atoms with Crippen molar-refractivity contribution in [2.45, 2.75) is 97.1 Å². The highest BCUT2D eigenvalue weighted by Gasteiger charge is 2.52. The van der Waals surface area contributed by atoms with Crippen molar-refractivity contribution >= 4 is 58.2 Å². The second kappa shape index (κ2) is 22.1. The molecule has 2 fully saturated rings. The van der Waals surface area contributed by atoms with E-state index in [0.717, 1.165) is 40.9 Å². The molecule has 3 heterocycles. The first-order valence-electron chi connectivity index (χ1n) is 22.8. The molecule has 2 atom stereocenters. The van der Waals surface area contributed by atoms with Gasteiger partial charge in [0.15, 0.2) is 28.3 Å². The molecule has 15 nitrogen and oxygen atoms in total. The molecular weight excluding hydrogens is 971 g/mol. The Morgan fingerprint density at radius 3 is 2.29 bits per heavy atom. The number of alkyl halides is 3. The van der Waals surface area contributed by atoms with Gasteiger partial charge in [0, 0.05) is 36.9 Å². The van der Waals surface area contributed by atoms with Gasteiger partial charge in [-0.2, -0.15) is 18.4 Å². The molecule has 2 aliphatic heterocycles. The monoisotopic (exact) mass is 1020 g/mol. The molecule has 4 aromatic rings. The minimum atomic E-state index is -5.28. The fraction of sp³-hybridized carbons (Fsp3) is 0.400. The molecule has 3 aromatic carbocycles. The number of nitrogens with zero attached hydrogens (tertiary/aromatic N) is 5. The number of aromatic nitrogens is 1. The summed E-state index contributed by atoms with van der Waals surface area (Å²) in [5.41, 5.74) is -0.0850. The number of halogens is 6. The molecule has 382 valence electrons. The van der Waals surface area contributed by atoms with Crippen molar-refractivity contribution < 1.29 is 59.8 Å². The van der Waals surface area contributed by atoms with Gasteiger partial charge in [-0.05, 0) is 112 Å². The molecule has 0 saturated carbocycles. The van der Waals surface area contributed by atoms with Crippen LogP contribution in [0.5, 0.6) is 5.75 Å². The van der Waals surface area contributed by atoms with Crippen LogP contribution in [-0.4, -0.2) is 88.5 Å². The number of nitrogens with one attached hydrogen (secondary N) is 2. The van der Waals surface area contributed by atoms with Crippen molar-refractivity contribution in [3.05, 3.63) is 107 Å². The van der Waals surface area contributed by atoms with Gasteiger partial charge in [-0.3, -0.25) is 33.9 Å². The third kappa shape index (κ3) is 12.0. The summed E-state index contributed by atoms with van der Waals surface area (Å²) in [6.07, 6.45) is -1.50. The molecule has 0 spiro atoms. The lowest BCUT2D eigenvalue weighted by atomic mass is 9.85. The van der Waals surface area contributed by atoms with E-state index in [9.17, 15) is 37.1 Å². The molecule has 2 saturated heterocycles. The Morgan fingerprint density at radius 1 is 0.972 bits per heavy atom. The molecule has 1 aromatic heterocycles. The Balaban J connectivity index is 0.954. The first-order chi connectivity index (χ1) is 33.9. The Morgan fingerprint density at radius 2 is 1.67 bits per heavy atom. The SMILES string of the molecule is CC(C)(C)[C@H](NC(=O)COCCCCCOc1ccc(-c2ncc(N3C(=S)N(c4ccc(C#N)c(C(F)(F)F)c4F)C(=O)C3(C)C)cc2F)cc1F)C(=O)N1CCC[C@H]1C(=O)NCc1ccc(C(N)=O)cc1. The van der Waals surface area contributed by atoms with Crippen molar-refractivity contribution in [3.8, 4) is 23.1 Å². The number of nitrogens with two attached hydrogens (primary N) is 1. The summed E-state index contributed by atoms with van der Waals surface area (Å²) in [6, 6.07) is 12.3. The second-order valence-corrected chi connectivity index (χ2v) is 19.1. The van der Waals surface area contributed by atoms with Gasteiger partial charge in [-0.1, -0.05) is 32.9 Å². The first-order valence-corrected chi connectivity index (χ1v) is 23.2. The Hall–Kier alpha value is -7.12. The largest absolute Gasteiger partial charge is 0.491 e. The van der Waals surface area contributed by atoms with E-state index in [1.54, 1.807) is 24.3 Å². The molecule has 6 rings (SSSR count).